The van der Waals surface area contributed by atoms with Crippen molar-refractivity contribution in [2.45, 2.75) is 26.2 Å². The van der Waals surface area contributed by atoms with Gasteiger partial charge in [0.1, 0.15) is 11.5 Å². The summed E-state index contributed by atoms with van der Waals surface area (Å²) in [7, 11) is 0. The summed E-state index contributed by atoms with van der Waals surface area (Å²) in [6, 6.07) is 24.4. The Labute approximate surface area is 207 Å². The SMILES string of the molecule is CCc1c(C)nc(-n2nc(-c3ccco3)cc2NC(=O)C(c2ccccc2)c2ccccc2)[nH]c1=O. The van der Waals surface area contributed by atoms with Gasteiger partial charge in [-0.15, -0.1) is 0 Å². The molecule has 8 heteroatoms. The van der Waals surface area contributed by atoms with E-state index in [9.17, 15) is 9.59 Å². The van der Waals surface area contributed by atoms with E-state index in [2.05, 4.69) is 20.4 Å². The van der Waals surface area contributed by atoms with Crippen LogP contribution in [-0.2, 0) is 11.2 Å². The van der Waals surface area contributed by atoms with Crippen LogP contribution in [0.5, 0.6) is 0 Å². The van der Waals surface area contributed by atoms with E-state index in [0.717, 1.165) is 11.1 Å². The molecule has 8 nitrogen and oxygen atoms in total. The number of hydrogen-bond acceptors (Lipinski definition) is 5. The second-order valence-corrected chi connectivity index (χ2v) is 8.35. The Hall–Kier alpha value is -4.72. The first-order chi connectivity index (χ1) is 17.5. The van der Waals surface area contributed by atoms with Crippen molar-refractivity contribution in [2.75, 3.05) is 5.32 Å². The molecule has 2 aromatic carbocycles. The molecule has 2 N–H and O–H groups in total. The number of aryl methyl sites for hydroxylation is 1. The number of furan rings is 1. The van der Waals surface area contributed by atoms with Gasteiger partial charge in [-0.05, 0) is 36.6 Å². The topological polar surface area (TPSA) is 106 Å². The van der Waals surface area contributed by atoms with Crippen molar-refractivity contribution in [2.24, 2.45) is 0 Å². The second kappa shape index (κ2) is 9.87. The Morgan fingerprint density at radius 2 is 1.69 bits per heavy atom. The monoisotopic (exact) mass is 479 g/mol. The zero-order valence-corrected chi connectivity index (χ0v) is 19.9. The minimum absolute atomic E-state index is 0.207. The van der Waals surface area contributed by atoms with Crippen LogP contribution in [0.3, 0.4) is 0 Å². The number of rotatable bonds is 7. The van der Waals surface area contributed by atoms with Crippen LogP contribution in [0.15, 0.2) is 94.3 Å². The van der Waals surface area contributed by atoms with E-state index in [1.165, 1.54) is 4.68 Å². The Balaban J connectivity index is 1.59. The number of benzene rings is 2. The maximum Gasteiger partial charge on any atom is 0.255 e. The molecular formula is C28H25N5O3. The quantitative estimate of drug-likeness (QED) is 0.347. The zero-order valence-electron chi connectivity index (χ0n) is 19.9. The molecule has 0 spiro atoms. The predicted molar refractivity (Wildman–Crippen MR) is 137 cm³/mol. The lowest BCUT2D eigenvalue weighted by Crippen LogP contribution is -2.25. The summed E-state index contributed by atoms with van der Waals surface area (Å²) in [5.41, 5.74) is 3.18. The van der Waals surface area contributed by atoms with E-state index in [-0.39, 0.29) is 17.4 Å². The van der Waals surface area contributed by atoms with Gasteiger partial charge in [-0.1, -0.05) is 67.6 Å². The minimum Gasteiger partial charge on any atom is -0.463 e. The minimum atomic E-state index is -0.556. The van der Waals surface area contributed by atoms with Crippen LogP contribution in [0.1, 0.15) is 35.2 Å². The lowest BCUT2D eigenvalue weighted by atomic mass is 9.90. The highest BCUT2D eigenvalue weighted by molar-refractivity contribution is 5.98. The zero-order chi connectivity index (χ0) is 25.1. The third kappa shape index (κ3) is 4.48. The molecule has 0 aliphatic rings. The van der Waals surface area contributed by atoms with Crippen LogP contribution in [-0.4, -0.2) is 25.7 Å². The van der Waals surface area contributed by atoms with Crippen LogP contribution in [0.4, 0.5) is 5.82 Å². The van der Waals surface area contributed by atoms with Gasteiger partial charge < -0.3 is 9.73 Å². The molecule has 0 saturated heterocycles. The Bertz CT molecular complexity index is 1500. The highest BCUT2D eigenvalue weighted by Crippen LogP contribution is 2.29. The molecule has 180 valence electrons. The summed E-state index contributed by atoms with van der Waals surface area (Å²) in [5.74, 6) is 0.285. The summed E-state index contributed by atoms with van der Waals surface area (Å²) in [6.07, 6.45) is 2.11. The number of hydrogen-bond donors (Lipinski definition) is 2. The molecule has 0 unspecified atom stereocenters. The lowest BCUT2D eigenvalue weighted by Gasteiger charge is -2.18. The fourth-order valence-electron chi connectivity index (χ4n) is 4.27. The van der Waals surface area contributed by atoms with E-state index in [1.807, 2.05) is 67.6 Å². The number of anilines is 1. The van der Waals surface area contributed by atoms with Gasteiger partial charge >= 0.3 is 0 Å². The van der Waals surface area contributed by atoms with Gasteiger partial charge in [0.15, 0.2) is 5.76 Å². The largest absolute Gasteiger partial charge is 0.463 e. The van der Waals surface area contributed by atoms with E-state index >= 15 is 0 Å². The molecule has 0 aliphatic carbocycles. The molecule has 3 heterocycles. The van der Waals surface area contributed by atoms with Gasteiger partial charge in [-0.3, -0.25) is 14.6 Å². The number of carbonyl (C=O) groups is 1. The fourth-order valence-corrected chi connectivity index (χ4v) is 4.27. The number of amides is 1. The first-order valence-corrected chi connectivity index (χ1v) is 11.7. The molecule has 3 aromatic heterocycles. The lowest BCUT2D eigenvalue weighted by molar-refractivity contribution is -0.116. The maximum atomic E-state index is 13.8. The summed E-state index contributed by atoms with van der Waals surface area (Å²) in [4.78, 5) is 33.8. The highest BCUT2D eigenvalue weighted by Gasteiger charge is 2.25. The number of nitrogens with zero attached hydrogens (tertiary/aromatic N) is 3. The third-order valence-corrected chi connectivity index (χ3v) is 6.03. The van der Waals surface area contributed by atoms with Crippen molar-refractivity contribution in [3.63, 3.8) is 0 Å². The van der Waals surface area contributed by atoms with Crippen molar-refractivity contribution in [1.29, 1.82) is 0 Å². The molecule has 1 amide bonds. The standard InChI is InChI=1S/C28H25N5O3/c1-3-21-18(2)29-28(31-26(21)34)33-24(17-22(32-33)23-15-10-16-36-23)30-27(35)25(19-11-6-4-7-12-19)20-13-8-5-9-14-20/h4-17,25H,3H2,1-2H3,(H,30,35)(H,29,31,34). The first kappa shape index (κ1) is 23.0. The van der Waals surface area contributed by atoms with E-state index in [0.29, 0.717) is 35.0 Å². The van der Waals surface area contributed by atoms with Crippen molar-refractivity contribution >= 4 is 11.7 Å². The van der Waals surface area contributed by atoms with Crippen LogP contribution in [0, 0.1) is 6.92 Å². The van der Waals surface area contributed by atoms with Crippen molar-refractivity contribution in [3.8, 4) is 17.4 Å². The number of nitrogens with one attached hydrogen (secondary N) is 2. The molecule has 0 aliphatic heterocycles. The number of carbonyl (C=O) groups excluding carboxylic acids is 1. The van der Waals surface area contributed by atoms with Gasteiger partial charge in [-0.2, -0.15) is 9.78 Å². The predicted octanol–water partition coefficient (Wildman–Crippen LogP) is 4.86. The highest BCUT2D eigenvalue weighted by atomic mass is 16.3. The average molecular weight is 480 g/mol. The summed E-state index contributed by atoms with van der Waals surface area (Å²) >= 11 is 0. The van der Waals surface area contributed by atoms with Crippen molar-refractivity contribution in [3.05, 3.63) is 118 Å². The maximum absolute atomic E-state index is 13.8. The van der Waals surface area contributed by atoms with Crippen molar-refractivity contribution in [1.82, 2.24) is 19.7 Å². The Morgan fingerprint density at radius 3 is 2.25 bits per heavy atom. The fraction of sp³-hybridized carbons (Fsp3) is 0.143. The summed E-state index contributed by atoms with van der Waals surface area (Å²) in [6.45, 7) is 3.69. The normalized spacial score (nSPS) is 11.1. The molecule has 0 atom stereocenters. The molecule has 0 bridgehead atoms. The molecular weight excluding hydrogens is 454 g/mol. The molecule has 0 fully saturated rings. The molecule has 36 heavy (non-hydrogen) atoms. The second-order valence-electron chi connectivity index (χ2n) is 8.35. The van der Waals surface area contributed by atoms with Gasteiger partial charge in [0.2, 0.25) is 11.9 Å². The third-order valence-electron chi connectivity index (χ3n) is 6.03. The average Bonchev–Trinajstić information content (AvgIpc) is 3.56. The van der Waals surface area contributed by atoms with E-state index < -0.39 is 5.92 Å². The number of aromatic amines is 1. The molecule has 5 rings (SSSR count). The van der Waals surface area contributed by atoms with Crippen LogP contribution in [0.25, 0.3) is 17.4 Å². The smallest absolute Gasteiger partial charge is 0.255 e. The summed E-state index contributed by atoms with van der Waals surface area (Å²) < 4.78 is 6.95. The number of H-pyrrole nitrogens is 1. The van der Waals surface area contributed by atoms with Gasteiger partial charge in [0, 0.05) is 17.3 Å². The summed E-state index contributed by atoms with van der Waals surface area (Å²) in [5, 5.41) is 7.61. The Morgan fingerprint density at radius 1 is 1.03 bits per heavy atom. The molecule has 0 radical (unpaired) electrons. The van der Waals surface area contributed by atoms with Crippen molar-refractivity contribution < 1.29 is 9.21 Å². The number of aromatic nitrogens is 4. The van der Waals surface area contributed by atoms with Gasteiger partial charge in [0.25, 0.3) is 5.56 Å². The first-order valence-electron chi connectivity index (χ1n) is 11.7. The van der Waals surface area contributed by atoms with E-state index in [1.54, 1.807) is 31.4 Å². The van der Waals surface area contributed by atoms with E-state index in [4.69, 9.17) is 4.42 Å². The molecule has 0 saturated carbocycles. The van der Waals surface area contributed by atoms with Crippen LogP contribution in [0.2, 0.25) is 0 Å². The Kier molecular flexibility index (Phi) is 6.32. The van der Waals surface area contributed by atoms with Crippen LogP contribution < -0.4 is 10.9 Å². The van der Waals surface area contributed by atoms with Gasteiger partial charge in [-0.25, -0.2) is 4.98 Å². The molecule has 5 aromatic rings. The van der Waals surface area contributed by atoms with Crippen LogP contribution >= 0.6 is 0 Å². The van der Waals surface area contributed by atoms with Gasteiger partial charge in [0.05, 0.1) is 12.2 Å².